The van der Waals surface area contributed by atoms with Crippen molar-refractivity contribution in [2.45, 2.75) is 13.8 Å². The van der Waals surface area contributed by atoms with Gasteiger partial charge in [-0.25, -0.2) is 0 Å². The molecular weight excluding hydrogens is 308 g/mol. The van der Waals surface area contributed by atoms with Gasteiger partial charge in [-0.1, -0.05) is 59.7 Å². The van der Waals surface area contributed by atoms with Crippen LogP contribution in [0, 0.1) is 34.1 Å². The molecule has 2 rings (SSSR count). The van der Waals surface area contributed by atoms with Gasteiger partial charge in [-0.05, 0) is 25.0 Å². The van der Waals surface area contributed by atoms with E-state index in [0.29, 0.717) is 11.1 Å². The highest BCUT2D eigenvalue weighted by atomic mass is 16.6. The Labute approximate surface area is 139 Å². The van der Waals surface area contributed by atoms with Gasteiger partial charge < -0.3 is 0 Å². The van der Waals surface area contributed by atoms with Crippen molar-refractivity contribution in [2.75, 3.05) is 0 Å². The Hall–Kier alpha value is -3.28. The molecule has 0 saturated heterocycles. The number of aryl methyl sites for hydroxylation is 2. The molecule has 122 valence electrons. The van der Waals surface area contributed by atoms with Crippen molar-refractivity contribution >= 4 is 12.2 Å². The first-order valence-electron chi connectivity index (χ1n) is 7.22. The Kier molecular flexibility index (Phi) is 5.21. The maximum absolute atomic E-state index is 11.4. The van der Waals surface area contributed by atoms with E-state index in [1.165, 1.54) is 12.2 Å². The number of rotatable bonds is 5. The van der Waals surface area contributed by atoms with E-state index in [9.17, 15) is 20.2 Å². The third-order valence-corrected chi connectivity index (χ3v) is 3.42. The molecule has 0 bridgehead atoms. The van der Waals surface area contributed by atoms with Crippen molar-refractivity contribution in [1.82, 2.24) is 0 Å². The summed E-state index contributed by atoms with van der Waals surface area (Å²) in [5, 5.41) is 22.7. The van der Waals surface area contributed by atoms with Gasteiger partial charge in [-0.15, -0.1) is 0 Å². The van der Waals surface area contributed by atoms with Crippen LogP contribution in [0.1, 0.15) is 22.3 Å². The van der Waals surface area contributed by atoms with Crippen LogP contribution in [0.15, 0.2) is 59.9 Å². The number of hydrogen-bond acceptors (Lipinski definition) is 4. The van der Waals surface area contributed by atoms with Crippen LogP contribution in [-0.4, -0.2) is 9.85 Å². The van der Waals surface area contributed by atoms with Crippen LogP contribution in [0.3, 0.4) is 0 Å². The molecule has 0 heterocycles. The van der Waals surface area contributed by atoms with E-state index in [-0.39, 0.29) is 0 Å². The van der Waals surface area contributed by atoms with Crippen LogP contribution in [0.2, 0.25) is 0 Å². The lowest BCUT2D eigenvalue weighted by atomic mass is 10.1. The lowest BCUT2D eigenvalue weighted by Crippen LogP contribution is -2.09. The first kappa shape index (κ1) is 17.1. The molecule has 0 aliphatic rings. The predicted molar refractivity (Wildman–Crippen MR) is 92.3 cm³/mol. The van der Waals surface area contributed by atoms with Crippen molar-refractivity contribution < 1.29 is 9.85 Å². The Morgan fingerprint density at radius 1 is 0.708 bits per heavy atom. The number of nitrogens with zero attached hydrogens (tertiary/aromatic N) is 2. The average Bonchev–Trinajstić information content (AvgIpc) is 2.54. The third-order valence-electron chi connectivity index (χ3n) is 3.42. The van der Waals surface area contributed by atoms with Gasteiger partial charge in [-0.2, -0.15) is 0 Å². The van der Waals surface area contributed by atoms with Crippen LogP contribution in [0.4, 0.5) is 0 Å². The number of benzene rings is 2. The first-order chi connectivity index (χ1) is 11.4. The van der Waals surface area contributed by atoms with E-state index < -0.39 is 21.2 Å². The summed E-state index contributed by atoms with van der Waals surface area (Å²) < 4.78 is 0. The molecule has 0 N–H and O–H groups in total. The van der Waals surface area contributed by atoms with Crippen molar-refractivity contribution in [1.29, 1.82) is 0 Å². The molecule has 0 fully saturated rings. The monoisotopic (exact) mass is 324 g/mol. The van der Waals surface area contributed by atoms with Gasteiger partial charge in [0, 0.05) is 12.2 Å². The standard InChI is InChI=1S/C18H16N2O4/c1-13-3-7-15(8-4-13)11-17(19(21)22)18(20(23)24)12-16-9-5-14(2)6-10-16/h3-12H,1-2H3/b17-11+,18-12+. The molecule has 2 aromatic rings. The van der Waals surface area contributed by atoms with Crippen molar-refractivity contribution in [3.63, 3.8) is 0 Å². The highest BCUT2D eigenvalue weighted by Gasteiger charge is 2.28. The van der Waals surface area contributed by atoms with E-state index in [1.807, 2.05) is 13.8 Å². The molecule has 0 aliphatic carbocycles. The van der Waals surface area contributed by atoms with E-state index in [1.54, 1.807) is 48.5 Å². The van der Waals surface area contributed by atoms with Gasteiger partial charge in [0.25, 0.3) is 0 Å². The molecule has 0 amide bonds. The molecular formula is C18H16N2O4. The molecule has 2 aromatic carbocycles. The largest absolute Gasteiger partial charge is 0.346 e. The van der Waals surface area contributed by atoms with E-state index >= 15 is 0 Å². The van der Waals surface area contributed by atoms with Crippen LogP contribution in [0.5, 0.6) is 0 Å². The Morgan fingerprint density at radius 2 is 1.00 bits per heavy atom. The summed E-state index contributed by atoms with van der Waals surface area (Å²) in [5.74, 6) is 0. The second kappa shape index (κ2) is 7.32. The van der Waals surface area contributed by atoms with E-state index in [4.69, 9.17) is 0 Å². The summed E-state index contributed by atoms with van der Waals surface area (Å²) >= 11 is 0. The summed E-state index contributed by atoms with van der Waals surface area (Å²) in [4.78, 5) is 21.2. The molecule has 0 saturated carbocycles. The Morgan fingerprint density at radius 3 is 1.25 bits per heavy atom. The maximum atomic E-state index is 11.4. The van der Waals surface area contributed by atoms with Gasteiger partial charge in [0.2, 0.25) is 0 Å². The lowest BCUT2D eigenvalue weighted by molar-refractivity contribution is -0.477. The lowest BCUT2D eigenvalue weighted by Gasteiger charge is -2.00. The SMILES string of the molecule is Cc1ccc(/C=C(\C(=C/c2ccc(C)cc2)[N+](=O)[O-])[N+](=O)[O-])cc1. The first-order valence-corrected chi connectivity index (χ1v) is 7.22. The maximum Gasteiger partial charge on any atom is 0.346 e. The van der Waals surface area contributed by atoms with Crippen LogP contribution >= 0.6 is 0 Å². The zero-order valence-electron chi connectivity index (χ0n) is 13.3. The molecule has 6 heteroatoms. The predicted octanol–water partition coefficient (Wildman–Crippen LogP) is 4.24. The molecule has 0 unspecified atom stereocenters. The molecule has 6 nitrogen and oxygen atoms in total. The summed E-state index contributed by atoms with van der Waals surface area (Å²) in [6.45, 7) is 3.78. The smallest absolute Gasteiger partial charge is 0.258 e. The summed E-state index contributed by atoms with van der Waals surface area (Å²) in [5.41, 5.74) is 1.96. The fourth-order valence-electron chi connectivity index (χ4n) is 2.08. The van der Waals surface area contributed by atoms with Gasteiger partial charge in [-0.3, -0.25) is 20.2 Å². The summed E-state index contributed by atoms with van der Waals surface area (Å²) in [6, 6.07) is 13.9. The average molecular weight is 324 g/mol. The second-order valence-electron chi connectivity index (χ2n) is 5.39. The van der Waals surface area contributed by atoms with Gasteiger partial charge in [0.15, 0.2) is 0 Å². The number of hydrogen-bond donors (Lipinski definition) is 0. The molecule has 0 spiro atoms. The molecule has 24 heavy (non-hydrogen) atoms. The molecule has 0 aromatic heterocycles. The highest BCUT2D eigenvalue weighted by Crippen LogP contribution is 2.20. The van der Waals surface area contributed by atoms with Gasteiger partial charge in [0.05, 0.1) is 9.85 Å². The second-order valence-corrected chi connectivity index (χ2v) is 5.39. The Balaban J connectivity index is 2.52. The highest BCUT2D eigenvalue weighted by molar-refractivity contribution is 5.62. The minimum Gasteiger partial charge on any atom is -0.258 e. The number of nitro groups is 2. The summed E-state index contributed by atoms with van der Waals surface area (Å²) in [7, 11) is 0. The zero-order chi connectivity index (χ0) is 17.7. The van der Waals surface area contributed by atoms with Crippen LogP contribution in [-0.2, 0) is 0 Å². The third kappa shape index (κ3) is 4.36. The molecule has 0 radical (unpaired) electrons. The minimum absolute atomic E-state index is 0.531. The fraction of sp³-hybridized carbons (Fsp3) is 0.111. The van der Waals surface area contributed by atoms with Crippen molar-refractivity contribution in [3.8, 4) is 0 Å². The van der Waals surface area contributed by atoms with E-state index in [2.05, 4.69) is 0 Å². The van der Waals surface area contributed by atoms with Crippen molar-refractivity contribution in [3.05, 3.63) is 102 Å². The normalized spacial score (nSPS) is 12.1. The van der Waals surface area contributed by atoms with Crippen LogP contribution < -0.4 is 0 Å². The molecule has 0 atom stereocenters. The zero-order valence-corrected chi connectivity index (χ0v) is 13.3. The van der Waals surface area contributed by atoms with E-state index in [0.717, 1.165) is 11.1 Å². The quantitative estimate of drug-likeness (QED) is 0.467. The minimum atomic E-state index is -0.733. The van der Waals surface area contributed by atoms with Gasteiger partial charge in [0.1, 0.15) is 0 Å². The van der Waals surface area contributed by atoms with Gasteiger partial charge >= 0.3 is 11.4 Å². The van der Waals surface area contributed by atoms with Crippen LogP contribution in [0.25, 0.3) is 12.2 Å². The fourth-order valence-corrected chi connectivity index (χ4v) is 2.08. The van der Waals surface area contributed by atoms with Crippen molar-refractivity contribution in [2.24, 2.45) is 0 Å². The Bertz CT molecular complexity index is 748. The molecule has 0 aliphatic heterocycles. The summed E-state index contributed by atoms with van der Waals surface area (Å²) in [6.07, 6.45) is 2.42. The topological polar surface area (TPSA) is 86.3 Å².